The third-order valence-corrected chi connectivity index (χ3v) is 4.54. The van der Waals surface area contributed by atoms with Gasteiger partial charge in [0.15, 0.2) is 5.56 Å². The van der Waals surface area contributed by atoms with E-state index in [4.69, 9.17) is 5.11 Å². The van der Waals surface area contributed by atoms with Crippen molar-refractivity contribution in [3.05, 3.63) is 80.6 Å². The Morgan fingerprint density at radius 3 is 2.39 bits per heavy atom. The SMILES string of the molecule is O=C(O)CNC(=O)c1c(O)nc(-c2cccc(Br)c2)n(Cc2ccccc2)c1=O.[H-].[H-].[Na+].[Na+]. The van der Waals surface area contributed by atoms with E-state index in [9.17, 15) is 19.5 Å². The number of aliphatic carboxylic acids is 1. The zero-order chi connectivity index (χ0) is 21.0. The standard InChI is InChI=1S/C20H16BrN3O5.2Na.2H/c21-14-8-4-7-13(9-14)17-23-19(28)16(18(27)22-10-15(25)26)20(29)24(17)11-12-5-2-1-3-6-12;;;;/h1-9,28H,10-11H2,(H,22,27)(H,25,26);;;;/q;2*+1;2*-1. The maximum absolute atomic E-state index is 13.1. The number of carboxylic acids is 1. The number of halogens is 1. The topological polar surface area (TPSA) is 122 Å². The zero-order valence-corrected chi connectivity index (χ0v) is 22.6. The third kappa shape index (κ3) is 7.01. The van der Waals surface area contributed by atoms with Crippen molar-refractivity contribution in [2.75, 3.05) is 6.54 Å². The summed E-state index contributed by atoms with van der Waals surface area (Å²) in [6.07, 6.45) is 0. The molecule has 0 aliphatic rings. The van der Waals surface area contributed by atoms with Crippen molar-refractivity contribution in [1.82, 2.24) is 14.9 Å². The van der Waals surface area contributed by atoms with Gasteiger partial charge in [0, 0.05) is 10.0 Å². The van der Waals surface area contributed by atoms with Crippen LogP contribution in [0.1, 0.15) is 18.8 Å². The summed E-state index contributed by atoms with van der Waals surface area (Å²) in [6.45, 7) is -0.586. The molecule has 0 bridgehead atoms. The molecule has 0 fully saturated rings. The number of rotatable bonds is 6. The summed E-state index contributed by atoms with van der Waals surface area (Å²) in [5, 5.41) is 21.1. The zero-order valence-electron chi connectivity index (χ0n) is 19.0. The van der Waals surface area contributed by atoms with Gasteiger partial charge in [0.25, 0.3) is 11.5 Å². The molecule has 152 valence electrons. The fourth-order valence-electron chi connectivity index (χ4n) is 2.75. The minimum Gasteiger partial charge on any atom is -1.00 e. The van der Waals surface area contributed by atoms with E-state index in [1.54, 1.807) is 24.3 Å². The van der Waals surface area contributed by atoms with Crippen molar-refractivity contribution in [2.45, 2.75) is 6.54 Å². The predicted octanol–water partition coefficient (Wildman–Crippen LogP) is -3.53. The van der Waals surface area contributed by atoms with E-state index in [0.717, 1.165) is 10.0 Å². The molecule has 0 aliphatic heterocycles. The number of hydrogen-bond donors (Lipinski definition) is 3. The van der Waals surface area contributed by atoms with Crippen LogP contribution in [0.25, 0.3) is 11.4 Å². The number of nitrogens with zero attached hydrogens (tertiary/aromatic N) is 2. The van der Waals surface area contributed by atoms with Gasteiger partial charge in [-0.25, -0.2) is 0 Å². The molecule has 3 aromatic rings. The second-order valence-electron chi connectivity index (χ2n) is 6.10. The number of carbonyl (C=O) groups is 2. The van der Waals surface area contributed by atoms with E-state index >= 15 is 0 Å². The first-order valence-electron chi connectivity index (χ1n) is 8.50. The first kappa shape index (κ1) is 27.6. The quantitative estimate of drug-likeness (QED) is 0.298. The first-order chi connectivity index (χ1) is 13.9. The molecule has 0 atom stereocenters. The first-order valence-corrected chi connectivity index (χ1v) is 9.29. The maximum Gasteiger partial charge on any atom is 1.00 e. The van der Waals surface area contributed by atoms with Gasteiger partial charge in [-0.3, -0.25) is 19.0 Å². The van der Waals surface area contributed by atoms with Crippen LogP contribution < -0.4 is 70.0 Å². The molecule has 11 heteroatoms. The van der Waals surface area contributed by atoms with Crippen LogP contribution in [0.5, 0.6) is 5.88 Å². The van der Waals surface area contributed by atoms with E-state index in [0.29, 0.717) is 5.56 Å². The molecular formula is C20H18BrN3Na2O5. The molecule has 0 saturated heterocycles. The van der Waals surface area contributed by atoms with Gasteiger partial charge in [0.2, 0.25) is 5.88 Å². The van der Waals surface area contributed by atoms with Crippen molar-refractivity contribution >= 4 is 27.8 Å². The van der Waals surface area contributed by atoms with E-state index < -0.39 is 35.4 Å². The summed E-state index contributed by atoms with van der Waals surface area (Å²) in [4.78, 5) is 40.2. The van der Waals surface area contributed by atoms with Gasteiger partial charge < -0.3 is 18.4 Å². The molecule has 1 aromatic heterocycles. The predicted molar refractivity (Wildman–Crippen MR) is 111 cm³/mol. The largest absolute Gasteiger partial charge is 1.00 e. The van der Waals surface area contributed by atoms with E-state index in [-0.39, 0.29) is 74.3 Å². The summed E-state index contributed by atoms with van der Waals surface area (Å²) >= 11 is 3.36. The van der Waals surface area contributed by atoms with Crippen molar-refractivity contribution in [1.29, 1.82) is 0 Å². The van der Waals surface area contributed by atoms with E-state index in [1.807, 2.05) is 30.3 Å². The minimum atomic E-state index is -1.28. The Kier molecular flexibility index (Phi) is 11.2. The minimum absolute atomic E-state index is 0. The van der Waals surface area contributed by atoms with Crippen LogP contribution in [-0.4, -0.2) is 38.2 Å². The van der Waals surface area contributed by atoms with Gasteiger partial charge in [-0.1, -0.05) is 58.4 Å². The number of carbonyl (C=O) groups excluding carboxylic acids is 1. The molecule has 0 spiro atoms. The number of amides is 1. The molecular weight excluding hydrogens is 488 g/mol. The summed E-state index contributed by atoms with van der Waals surface area (Å²) in [5.41, 5.74) is -0.0458. The van der Waals surface area contributed by atoms with Crippen molar-refractivity contribution in [3.8, 4) is 17.3 Å². The summed E-state index contributed by atoms with van der Waals surface area (Å²) in [6, 6.07) is 16.1. The number of hydrogen-bond acceptors (Lipinski definition) is 5. The molecule has 0 aliphatic carbocycles. The second-order valence-corrected chi connectivity index (χ2v) is 7.01. The Morgan fingerprint density at radius 1 is 1.10 bits per heavy atom. The van der Waals surface area contributed by atoms with E-state index in [2.05, 4.69) is 26.2 Å². The monoisotopic (exact) mass is 505 g/mol. The van der Waals surface area contributed by atoms with Crippen molar-refractivity contribution in [3.63, 3.8) is 0 Å². The average Bonchev–Trinajstić information content (AvgIpc) is 2.69. The van der Waals surface area contributed by atoms with Crippen LogP contribution in [0, 0.1) is 0 Å². The summed E-state index contributed by atoms with van der Waals surface area (Å²) in [5.74, 6) is -2.88. The fourth-order valence-corrected chi connectivity index (χ4v) is 3.15. The fraction of sp³-hybridized carbons (Fsp3) is 0.100. The Bertz CT molecular complexity index is 1150. The second kappa shape index (κ2) is 12.5. The van der Waals surface area contributed by atoms with E-state index in [1.165, 1.54) is 4.57 Å². The van der Waals surface area contributed by atoms with Crippen LogP contribution in [0.3, 0.4) is 0 Å². The number of aromatic nitrogens is 2. The molecule has 0 unspecified atom stereocenters. The normalized spacial score (nSPS) is 9.84. The maximum atomic E-state index is 13.1. The molecule has 3 N–H and O–H groups in total. The van der Waals surface area contributed by atoms with Crippen molar-refractivity contribution in [2.24, 2.45) is 0 Å². The van der Waals surface area contributed by atoms with Gasteiger partial charge in [0.1, 0.15) is 12.4 Å². The number of nitrogens with one attached hydrogen (secondary N) is 1. The summed E-state index contributed by atoms with van der Waals surface area (Å²) < 4.78 is 2.02. The van der Waals surface area contributed by atoms with Gasteiger partial charge in [-0.05, 0) is 17.7 Å². The Balaban J connectivity index is 0. The summed E-state index contributed by atoms with van der Waals surface area (Å²) in [7, 11) is 0. The van der Waals surface area contributed by atoms with Gasteiger partial charge in [-0.2, -0.15) is 4.98 Å². The Hall–Kier alpha value is -1.46. The molecule has 1 amide bonds. The van der Waals surface area contributed by atoms with Crippen LogP contribution in [-0.2, 0) is 11.3 Å². The van der Waals surface area contributed by atoms with Gasteiger partial charge in [-0.15, -0.1) is 0 Å². The molecule has 0 radical (unpaired) electrons. The van der Waals surface area contributed by atoms with Crippen LogP contribution >= 0.6 is 15.9 Å². The molecule has 3 rings (SSSR count). The van der Waals surface area contributed by atoms with Crippen LogP contribution in [0.2, 0.25) is 0 Å². The van der Waals surface area contributed by atoms with Crippen molar-refractivity contribution < 1.29 is 81.8 Å². The average molecular weight is 506 g/mol. The Labute approximate surface area is 233 Å². The van der Waals surface area contributed by atoms with Crippen LogP contribution in [0.4, 0.5) is 0 Å². The number of aromatic hydroxyl groups is 1. The molecule has 1 heterocycles. The third-order valence-electron chi connectivity index (χ3n) is 4.04. The van der Waals surface area contributed by atoms with Crippen LogP contribution in [0.15, 0.2) is 63.9 Å². The smallest absolute Gasteiger partial charge is 1.00 e. The molecule has 0 saturated carbocycles. The number of benzene rings is 2. The van der Waals surface area contributed by atoms with Gasteiger partial charge in [0.05, 0.1) is 6.54 Å². The molecule has 2 aromatic carbocycles. The van der Waals surface area contributed by atoms with Gasteiger partial charge >= 0.3 is 65.1 Å². The molecule has 31 heavy (non-hydrogen) atoms. The Morgan fingerprint density at radius 2 is 1.77 bits per heavy atom. The number of carboxylic acid groups (broad SMARTS) is 1. The molecule has 8 nitrogen and oxygen atoms in total.